The Morgan fingerprint density at radius 2 is 0.793 bits per heavy atom. The van der Waals surface area contributed by atoms with Crippen molar-refractivity contribution in [2.75, 3.05) is 13.2 Å². The highest BCUT2D eigenvalue weighted by atomic mass is 28.4. The van der Waals surface area contributed by atoms with Crippen LogP contribution in [0.4, 0.5) is 0 Å². The lowest BCUT2D eigenvalue weighted by atomic mass is 10.0. The van der Waals surface area contributed by atoms with Crippen LogP contribution >= 0.6 is 0 Å². The molecule has 174 valence electrons. The van der Waals surface area contributed by atoms with E-state index in [1.54, 1.807) is 0 Å². The molecule has 0 fully saturated rings. The minimum atomic E-state index is -2.13. The number of hydrogen-bond acceptors (Lipinski definition) is 2. The summed E-state index contributed by atoms with van der Waals surface area (Å²) >= 11 is 0. The summed E-state index contributed by atoms with van der Waals surface area (Å²) in [6, 6.07) is 0. The Kier molecular flexibility index (Phi) is 22.5. The summed E-state index contributed by atoms with van der Waals surface area (Å²) in [7, 11) is -2.13. The summed E-state index contributed by atoms with van der Waals surface area (Å²) in [5.41, 5.74) is 1.95. The van der Waals surface area contributed by atoms with E-state index in [2.05, 4.69) is 27.0 Å². The average Bonchev–Trinajstić information content (AvgIpc) is 2.73. The van der Waals surface area contributed by atoms with Crippen molar-refractivity contribution in [1.29, 1.82) is 0 Å². The molecule has 0 rings (SSSR count). The van der Waals surface area contributed by atoms with Crippen molar-refractivity contribution in [3.63, 3.8) is 0 Å². The largest absolute Gasteiger partial charge is 0.391 e. The van der Waals surface area contributed by atoms with Gasteiger partial charge in [0.1, 0.15) is 0 Å². The Balaban J connectivity index is 3.39. The molecule has 1 unspecified atom stereocenters. The Morgan fingerprint density at radius 3 is 1.07 bits per heavy atom. The van der Waals surface area contributed by atoms with E-state index < -0.39 is 8.56 Å². The summed E-state index contributed by atoms with van der Waals surface area (Å²) in [6.07, 6.45) is 25.9. The smallest absolute Gasteiger partial charge is 0.361 e. The number of unbranched alkanes of at least 4 members (excludes halogenated alkanes) is 17. The van der Waals surface area contributed by atoms with Gasteiger partial charge in [0.15, 0.2) is 0 Å². The Morgan fingerprint density at radius 1 is 0.517 bits per heavy atom. The first-order valence-electron chi connectivity index (χ1n) is 13.1. The third-order valence-electron chi connectivity index (χ3n) is 5.89. The summed E-state index contributed by atoms with van der Waals surface area (Å²) in [5, 5.41) is 0. The maximum atomic E-state index is 6.11. The van der Waals surface area contributed by atoms with E-state index in [1.807, 2.05) is 5.70 Å². The third-order valence-corrected chi connectivity index (χ3v) is 8.19. The SMILES string of the molecule is C=C[Si](C)(OCCCCCCC)OCCCCCCCCCCCCCCCC. The fourth-order valence-electron chi connectivity index (χ4n) is 3.71. The second-order valence-corrected chi connectivity index (χ2v) is 11.9. The summed E-state index contributed by atoms with van der Waals surface area (Å²) < 4.78 is 12.2. The van der Waals surface area contributed by atoms with Crippen molar-refractivity contribution >= 4 is 8.56 Å². The maximum absolute atomic E-state index is 6.11. The molecule has 0 aromatic rings. The van der Waals surface area contributed by atoms with E-state index in [1.165, 1.54) is 109 Å². The first-order valence-corrected chi connectivity index (χ1v) is 15.5. The zero-order valence-corrected chi connectivity index (χ0v) is 21.5. The molecular formula is C26H54O2Si. The van der Waals surface area contributed by atoms with Crippen LogP contribution in [0.1, 0.15) is 136 Å². The molecule has 0 aromatic heterocycles. The average molecular weight is 427 g/mol. The summed E-state index contributed by atoms with van der Waals surface area (Å²) in [6.45, 7) is 12.3. The highest BCUT2D eigenvalue weighted by molar-refractivity contribution is 6.71. The monoisotopic (exact) mass is 426 g/mol. The lowest BCUT2D eigenvalue weighted by Crippen LogP contribution is -2.37. The quantitative estimate of drug-likeness (QED) is 0.113. The van der Waals surface area contributed by atoms with Crippen molar-refractivity contribution in [2.24, 2.45) is 0 Å². The van der Waals surface area contributed by atoms with E-state index in [0.717, 1.165) is 26.1 Å². The van der Waals surface area contributed by atoms with Gasteiger partial charge in [-0.1, -0.05) is 123 Å². The molecule has 0 amide bonds. The lowest BCUT2D eigenvalue weighted by molar-refractivity contribution is 0.177. The molecule has 29 heavy (non-hydrogen) atoms. The molecule has 0 N–H and O–H groups in total. The van der Waals surface area contributed by atoms with Gasteiger partial charge in [-0.3, -0.25) is 0 Å². The van der Waals surface area contributed by atoms with Crippen LogP contribution in [0.25, 0.3) is 0 Å². The molecule has 0 aromatic carbocycles. The Hall–Kier alpha value is -0.123. The highest BCUT2D eigenvalue weighted by Crippen LogP contribution is 2.15. The van der Waals surface area contributed by atoms with Crippen molar-refractivity contribution in [3.05, 3.63) is 12.3 Å². The van der Waals surface area contributed by atoms with Crippen LogP contribution in [0.5, 0.6) is 0 Å². The van der Waals surface area contributed by atoms with Crippen molar-refractivity contribution in [2.45, 2.75) is 142 Å². The van der Waals surface area contributed by atoms with E-state index >= 15 is 0 Å². The topological polar surface area (TPSA) is 18.5 Å². The fraction of sp³-hybridized carbons (Fsp3) is 0.923. The van der Waals surface area contributed by atoms with Crippen LogP contribution in [0, 0.1) is 0 Å². The van der Waals surface area contributed by atoms with E-state index in [9.17, 15) is 0 Å². The first-order chi connectivity index (χ1) is 14.2. The van der Waals surface area contributed by atoms with Gasteiger partial charge in [0.05, 0.1) is 0 Å². The molecular weight excluding hydrogens is 372 g/mol. The Bertz CT molecular complexity index is 335. The van der Waals surface area contributed by atoms with Crippen LogP contribution in [-0.4, -0.2) is 21.8 Å². The van der Waals surface area contributed by atoms with E-state index in [0.29, 0.717) is 0 Å². The molecule has 1 atom stereocenters. The van der Waals surface area contributed by atoms with Crippen molar-refractivity contribution < 1.29 is 8.85 Å². The molecule has 0 heterocycles. The zero-order valence-electron chi connectivity index (χ0n) is 20.5. The molecule has 0 saturated heterocycles. The van der Waals surface area contributed by atoms with Crippen LogP contribution < -0.4 is 0 Å². The predicted molar refractivity (Wildman–Crippen MR) is 133 cm³/mol. The minimum absolute atomic E-state index is 0.831. The second kappa shape index (κ2) is 22.6. The van der Waals surface area contributed by atoms with Gasteiger partial charge in [0.2, 0.25) is 0 Å². The Labute approximate surface area is 185 Å². The maximum Gasteiger partial charge on any atom is 0.361 e. The molecule has 0 aliphatic heterocycles. The fourth-order valence-corrected chi connectivity index (χ4v) is 5.13. The molecule has 0 spiro atoms. The van der Waals surface area contributed by atoms with Gasteiger partial charge in [0, 0.05) is 13.2 Å². The minimum Gasteiger partial charge on any atom is -0.391 e. The van der Waals surface area contributed by atoms with E-state index in [4.69, 9.17) is 8.85 Å². The van der Waals surface area contributed by atoms with E-state index in [-0.39, 0.29) is 0 Å². The van der Waals surface area contributed by atoms with Gasteiger partial charge in [-0.25, -0.2) is 0 Å². The first kappa shape index (κ1) is 28.9. The summed E-state index contributed by atoms with van der Waals surface area (Å²) in [5.74, 6) is 0. The molecule has 0 bridgehead atoms. The molecule has 0 aliphatic rings. The molecule has 0 radical (unpaired) electrons. The predicted octanol–water partition coefficient (Wildman–Crippen LogP) is 9.27. The molecule has 2 nitrogen and oxygen atoms in total. The normalized spacial score (nSPS) is 13.5. The second-order valence-electron chi connectivity index (χ2n) is 8.93. The van der Waals surface area contributed by atoms with Gasteiger partial charge >= 0.3 is 8.56 Å². The molecule has 0 saturated carbocycles. The number of rotatable bonds is 24. The van der Waals surface area contributed by atoms with Crippen LogP contribution in [0.2, 0.25) is 6.55 Å². The molecule has 0 aliphatic carbocycles. The van der Waals surface area contributed by atoms with Crippen LogP contribution in [0.15, 0.2) is 12.3 Å². The lowest BCUT2D eigenvalue weighted by Gasteiger charge is -2.23. The van der Waals surface area contributed by atoms with Gasteiger partial charge in [-0.15, -0.1) is 6.58 Å². The third kappa shape index (κ3) is 20.9. The van der Waals surface area contributed by atoms with Gasteiger partial charge < -0.3 is 8.85 Å². The van der Waals surface area contributed by atoms with Crippen LogP contribution in [0.3, 0.4) is 0 Å². The highest BCUT2D eigenvalue weighted by Gasteiger charge is 2.26. The van der Waals surface area contributed by atoms with Gasteiger partial charge in [0.25, 0.3) is 0 Å². The zero-order chi connectivity index (χ0) is 21.5. The number of hydrogen-bond donors (Lipinski definition) is 0. The van der Waals surface area contributed by atoms with Gasteiger partial charge in [-0.2, -0.15) is 0 Å². The standard InChI is InChI=1S/C26H54O2Si/c1-5-8-10-12-13-14-15-16-17-18-19-20-22-24-26-28-29(4,7-3)27-25-23-21-11-9-6-2/h7H,3,5-6,8-26H2,1-2,4H3. The van der Waals surface area contributed by atoms with Gasteiger partial charge in [-0.05, 0) is 25.1 Å². The van der Waals surface area contributed by atoms with Crippen LogP contribution in [-0.2, 0) is 8.85 Å². The molecule has 3 heteroatoms. The summed E-state index contributed by atoms with van der Waals surface area (Å²) in [4.78, 5) is 0. The van der Waals surface area contributed by atoms with Crippen molar-refractivity contribution in [1.82, 2.24) is 0 Å². The van der Waals surface area contributed by atoms with Crippen molar-refractivity contribution in [3.8, 4) is 0 Å².